The molecule has 2 N–H and O–H groups in total. The van der Waals surface area contributed by atoms with E-state index in [2.05, 4.69) is 20.7 Å². The molecule has 0 saturated heterocycles. The molecule has 118 valence electrons. The van der Waals surface area contributed by atoms with Gasteiger partial charge in [-0.15, -0.1) is 0 Å². The molecule has 0 aromatic heterocycles. The molecule has 0 amide bonds. The lowest BCUT2D eigenvalue weighted by Crippen LogP contribution is -2.41. The van der Waals surface area contributed by atoms with E-state index in [4.69, 9.17) is 5.11 Å². The molecule has 1 atom stereocenters. The van der Waals surface area contributed by atoms with E-state index in [1.54, 1.807) is 13.8 Å². The summed E-state index contributed by atoms with van der Waals surface area (Å²) >= 11 is 3.21. The van der Waals surface area contributed by atoms with Gasteiger partial charge >= 0.3 is 5.97 Å². The number of hydrogen-bond donors (Lipinski definition) is 2. The molecule has 0 radical (unpaired) electrons. The minimum absolute atomic E-state index is 0.0228. The maximum absolute atomic E-state index is 12.5. The summed E-state index contributed by atoms with van der Waals surface area (Å²) in [6.45, 7) is 9.19. The molecule has 7 heteroatoms. The lowest BCUT2D eigenvalue weighted by molar-refractivity contribution is 0.0696. The van der Waals surface area contributed by atoms with Gasteiger partial charge in [0.1, 0.15) is 0 Å². The molecule has 21 heavy (non-hydrogen) atoms. The van der Waals surface area contributed by atoms with Gasteiger partial charge in [-0.2, -0.15) is 0 Å². The Morgan fingerprint density at radius 1 is 1.33 bits per heavy atom. The van der Waals surface area contributed by atoms with Crippen molar-refractivity contribution in [1.82, 2.24) is 4.72 Å². The fourth-order valence-electron chi connectivity index (χ4n) is 1.53. The molecule has 0 bridgehead atoms. The number of carboxylic acids is 1. The van der Waals surface area contributed by atoms with Crippen LogP contribution in [-0.4, -0.2) is 25.5 Å². The van der Waals surface area contributed by atoms with Crippen molar-refractivity contribution in [2.45, 2.75) is 45.6 Å². The summed E-state index contributed by atoms with van der Waals surface area (Å²) in [6.07, 6.45) is 0. The lowest BCUT2D eigenvalue weighted by Gasteiger charge is -2.28. The number of aromatic carboxylic acids is 1. The fraction of sp³-hybridized carbons (Fsp3) is 0.500. The number of halogens is 1. The van der Waals surface area contributed by atoms with Crippen molar-refractivity contribution in [3.63, 3.8) is 0 Å². The third-order valence-corrected chi connectivity index (χ3v) is 5.95. The van der Waals surface area contributed by atoms with Crippen molar-refractivity contribution < 1.29 is 18.3 Å². The summed E-state index contributed by atoms with van der Waals surface area (Å²) in [5, 5.41) is 9.07. The Bertz CT molecular complexity index is 662. The standard InChI is InChI=1S/C14H20BrNO4S/c1-8-11(15)6-10(13(17)18)7-12(8)21(19,20)16-9(2)14(3,4)5/h6-7,9,16H,1-5H3,(H,17,18). The number of nitrogens with one attached hydrogen (secondary N) is 1. The highest BCUT2D eigenvalue weighted by molar-refractivity contribution is 9.10. The van der Waals surface area contributed by atoms with Gasteiger partial charge in [-0.3, -0.25) is 0 Å². The number of sulfonamides is 1. The molecule has 1 unspecified atom stereocenters. The molecule has 1 aromatic carbocycles. The summed E-state index contributed by atoms with van der Waals surface area (Å²) in [6, 6.07) is 2.28. The highest BCUT2D eigenvalue weighted by Gasteiger charge is 2.28. The maximum Gasteiger partial charge on any atom is 0.335 e. The molecule has 5 nitrogen and oxygen atoms in total. The summed E-state index contributed by atoms with van der Waals surface area (Å²) in [5.41, 5.74) is 0.160. The SMILES string of the molecule is Cc1c(Br)cc(C(=O)O)cc1S(=O)(=O)NC(C)C(C)(C)C. The molecule has 1 rings (SSSR count). The topological polar surface area (TPSA) is 83.5 Å². The predicted molar refractivity (Wildman–Crippen MR) is 85.1 cm³/mol. The highest BCUT2D eigenvalue weighted by Crippen LogP contribution is 2.27. The quantitative estimate of drug-likeness (QED) is 0.843. The minimum atomic E-state index is -3.80. The first-order chi connectivity index (χ1) is 9.36. The fourth-order valence-corrected chi connectivity index (χ4v) is 3.86. The monoisotopic (exact) mass is 377 g/mol. The number of benzene rings is 1. The Balaban J connectivity index is 3.35. The van der Waals surface area contributed by atoms with E-state index >= 15 is 0 Å². The lowest BCUT2D eigenvalue weighted by atomic mass is 9.89. The highest BCUT2D eigenvalue weighted by atomic mass is 79.9. The molecule has 0 aliphatic carbocycles. The van der Waals surface area contributed by atoms with Gasteiger partial charge in [0.25, 0.3) is 0 Å². The zero-order chi connectivity index (χ0) is 16.6. The smallest absolute Gasteiger partial charge is 0.335 e. The van der Waals surface area contributed by atoms with E-state index in [-0.39, 0.29) is 21.9 Å². The third kappa shape index (κ3) is 4.28. The Kier molecular flexibility index (Phi) is 5.23. The van der Waals surface area contributed by atoms with Gasteiger partial charge in [0.15, 0.2) is 0 Å². The molecule has 0 aliphatic heterocycles. The molecule has 1 aromatic rings. The second-order valence-electron chi connectivity index (χ2n) is 6.10. The van der Waals surface area contributed by atoms with Crippen molar-refractivity contribution in [3.8, 4) is 0 Å². The normalized spacial score (nSPS) is 14.0. The van der Waals surface area contributed by atoms with Crippen LogP contribution < -0.4 is 4.72 Å². The van der Waals surface area contributed by atoms with Crippen LogP contribution in [0.25, 0.3) is 0 Å². The van der Waals surface area contributed by atoms with Crippen molar-refractivity contribution in [3.05, 3.63) is 27.7 Å². The largest absolute Gasteiger partial charge is 0.478 e. The minimum Gasteiger partial charge on any atom is -0.478 e. The van der Waals surface area contributed by atoms with E-state index in [0.29, 0.717) is 10.0 Å². The van der Waals surface area contributed by atoms with Gasteiger partial charge in [0, 0.05) is 10.5 Å². The zero-order valence-corrected chi connectivity index (χ0v) is 15.1. The van der Waals surface area contributed by atoms with Gasteiger partial charge in [0.05, 0.1) is 10.5 Å². The van der Waals surface area contributed by atoms with Crippen LogP contribution >= 0.6 is 15.9 Å². The van der Waals surface area contributed by atoms with E-state index < -0.39 is 16.0 Å². The number of rotatable bonds is 4. The van der Waals surface area contributed by atoms with Crippen molar-refractivity contribution in [2.75, 3.05) is 0 Å². The molecular weight excluding hydrogens is 358 g/mol. The van der Waals surface area contributed by atoms with Crippen LogP contribution in [0.4, 0.5) is 0 Å². The zero-order valence-electron chi connectivity index (χ0n) is 12.7. The molecule has 0 aliphatic rings. The first kappa shape index (κ1) is 18.1. The summed E-state index contributed by atoms with van der Waals surface area (Å²) in [5.74, 6) is -1.17. The Labute approximate surface area is 133 Å². The van der Waals surface area contributed by atoms with Crippen LogP contribution in [0.5, 0.6) is 0 Å². The molecule has 0 heterocycles. The van der Waals surface area contributed by atoms with Crippen LogP contribution in [0.15, 0.2) is 21.5 Å². The first-order valence-corrected chi connectivity index (χ1v) is 8.69. The average molecular weight is 378 g/mol. The van der Waals surface area contributed by atoms with Crippen LogP contribution in [0.1, 0.15) is 43.6 Å². The average Bonchev–Trinajstić information content (AvgIpc) is 2.29. The van der Waals surface area contributed by atoms with Gasteiger partial charge in [-0.1, -0.05) is 36.7 Å². The number of carbonyl (C=O) groups is 1. The van der Waals surface area contributed by atoms with Crippen LogP contribution in [-0.2, 0) is 10.0 Å². The summed E-state index contributed by atoms with van der Waals surface area (Å²) in [4.78, 5) is 11.1. The van der Waals surface area contributed by atoms with Gasteiger partial charge < -0.3 is 5.11 Å². The van der Waals surface area contributed by atoms with Crippen LogP contribution in [0.2, 0.25) is 0 Å². The molecule has 0 saturated carbocycles. The maximum atomic E-state index is 12.5. The van der Waals surface area contributed by atoms with Gasteiger partial charge in [-0.25, -0.2) is 17.9 Å². The van der Waals surface area contributed by atoms with Crippen LogP contribution in [0, 0.1) is 12.3 Å². The number of carboxylic acid groups (broad SMARTS) is 1. The third-order valence-electron chi connectivity index (χ3n) is 3.46. The predicted octanol–water partition coefficient (Wildman–Crippen LogP) is 3.17. The molecule has 0 fully saturated rings. The van der Waals surface area contributed by atoms with E-state index in [9.17, 15) is 13.2 Å². The van der Waals surface area contributed by atoms with Gasteiger partial charge in [0.2, 0.25) is 10.0 Å². The molecule has 0 spiro atoms. The summed E-state index contributed by atoms with van der Waals surface area (Å²) in [7, 11) is -3.80. The molecular formula is C14H20BrNO4S. The van der Waals surface area contributed by atoms with Crippen molar-refractivity contribution in [1.29, 1.82) is 0 Å². The number of hydrogen-bond acceptors (Lipinski definition) is 3. The Hall–Kier alpha value is -0.920. The van der Waals surface area contributed by atoms with Crippen LogP contribution in [0.3, 0.4) is 0 Å². The second-order valence-corrected chi connectivity index (χ2v) is 8.63. The van der Waals surface area contributed by atoms with E-state index in [0.717, 1.165) is 0 Å². The van der Waals surface area contributed by atoms with Gasteiger partial charge in [-0.05, 0) is 37.0 Å². The summed E-state index contributed by atoms with van der Waals surface area (Å²) < 4.78 is 28.1. The first-order valence-electron chi connectivity index (χ1n) is 6.42. The van der Waals surface area contributed by atoms with E-state index in [1.165, 1.54) is 12.1 Å². The second kappa shape index (κ2) is 6.06. The van der Waals surface area contributed by atoms with Crippen molar-refractivity contribution in [2.24, 2.45) is 5.41 Å². The Morgan fingerprint density at radius 3 is 2.29 bits per heavy atom. The van der Waals surface area contributed by atoms with E-state index in [1.807, 2.05) is 20.8 Å². The van der Waals surface area contributed by atoms with Crippen molar-refractivity contribution >= 4 is 31.9 Å². The Morgan fingerprint density at radius 2 is 1.86 bits per heavy atom.